The van der Waals surface area contributed by atoms with Crippen LogP contribution >= 0.6 is 11.3 Å². The minimum atomic E-state index is -0.0731. The second-order valence-electron chi connectivity index (χ2n) is 8.44. The van der Waals surface area contributed by atoms with E-state index in [1.807, 2.05) is 11.3 Å². The van der Waals surface area contributed by atoms with Gasteiger partial charge in [0.25, 0.3) is 0 Å². The largest absolute Gasteiger partial charge is 0.458 e. The molecule has 0 spiro atoms. The van der Waals surface area contributed by atoms with Crippen LogP contribution < -0.4 is 4.90 Å². The van der Waals surface area contributed by atoms with E-state index in [-0.39, 0.29) is 16.4 Å². The Morgan fingerprint density at radius 3 is 2.58 bits per heavy atom. The zero-order valence-electron chi connectivity index (χ0n) is 14.9. The van der Waals surface area contributed by atoms with Crippen molar-refractivity contribution in [3.63, 3.8) is 0 Å². The third-order valence-corrected chi connectivity index (χ3v) is 8.26. The van der Waals surface area contributed by atoms with E-state index in [4.69, 9.17) is 4.42 Å². The normalized spacial score (nSPS) is 26.3. The second kappa shape index (κ2) is 4.08. The molecule has 1 unspecified atom stereocenters. The highest BCUT2D eigenvalue weighted by Gasteiger charge is 2.63. The molecule has 0 aliphatic carbocycles. The lowest BCUT2D eigenvalue weighted by Gasteiger charge is -2.61. The van der Waals surface area contributed by atoms with Crippen LogP contribution in [-0.4, -0.2) is 0 Å². The van der Waals surface area contributed by atoms with Crippen LogP contribution in [0.5, 0.6) is 0 Å². The number of furan rings is 1. The minimum absolute atomic E-state index is 0.0559. The van der Waals surface area contributed by atoms with Crippen LogP contribution in [0.4, 0.5) is 5.69 Å². The van der Waals surface area contributed by atoms with Crippen LogP contribution in [0.3, 0.4) is 0 Å². The van der Waals surface area contributed by atoms with E-state index in [2.05, 4.69) is 75.2 Å². The molecule has 1 atom stereocenters. The van der Waals surface area contributed by atoms with Gasteiger partial charge in [0, 0.05) is 16.7 Å². The number of thiophene rings is 1. The van der Waals surface area contributed by atoms with Gasteiger partial charge in [0.05, 0.1) is 16.8 Å². The molecule has 0 saturated carbocycles. The van der Waals surface area contributed by atoms with Gasteiger partial charge < -0.3 is 9.32 Å². The number of hydrogen-bond donors (Lipinski definition) is 0. The fourth-order valence-electron chi connectivity index (χ4n) is 5.07. The van der Waals surface area contributed by atoms with Gasteiger partial charge in [0.1, 0.15) is 11.3 Å². The van der Waals surface area contributed by atoms with Crippen molar-refractivity contribution < 1.29 is 4.42 Å². The van der Waals surface area contributed by atoms with E-state index in [9.17, 15) is 0 Å². The van der Waals surface area contributed by atoms with Gasteiger partial charge in [-0.3, -0.25) is 0 Å². The van der Waals surface area contributed by atoms with Crippen molar-refractivity contribution >= 4 is 27.3 Å². The fraction of sp³-hybridized carbons (Fsp3) is 0.429. The molecule has 0 saturated heterocycles. The van der Waals surface area contributed by atoms with Crippen molar-refractivity contribution in [2.75, 3.05) is 4.90 Å². The first-order valence-electron chi connectivity index (χ1n) is 8.66. The molecule has 0 radical (unpaired) electrons. The number of para-hydroxylation sites is 1. The van der Waals surface area contributed by atoms with Gasteiger partial charge in [-0.15, -0.1) is 11.3 Å². The van der Waals surface area contributed by atoms with Crippen molar-refractivity contribution in [2.24, 2.45) is 5.41 Å². The summed E-state index contributed by atoms with van der Waals surface area (Å²) in [7, 11) is 0. The summed E-state index contributed by atoms with van der Waals surface area (Å²) in [5.74, 6) is 1.15. The third-order valence-electron chi connectivity index (χ3n) is 7.34. The molecule has 2 aliphatic rings. The van der Waals surface area contributed by atoms with Crippen LogP contribution in [0.15, 0.2) is 40.1 Å². The fourth-order valence-corrected chi connectivity index (χ4v) is 6.05. The highest BCUT2D eigenvalue weighted by atomic mass is 32.1. The van der Waals surface area contributed by atoms with Crippen LogP contribution in [0.25, 0.3) is 10.3 Å². The first kappa shape index (κ1) is 14.6. The lowest BCUT2D eigenvalue weighted by Crippen LogP contribution is -2.61. The van der Waals surface area contributed by atoms with Crippen molar-refractivity contribution in [1.82, 2.24) is 0 Å². The van der Waals surface area contributed by atoms with Crippen LogP contribution in [0.2, 0.25) is 0 Å². The Hall–Kier alpha value is -1.74. The molecule has 3 aromatic rings. The Bertz CT molecular complexity index is 977. The standard InChI is InChI=1S/C21H23NOS/c1-19(2)13-8-6-7-9-14(13)22-12-16-17(21(22,5)20(19,3)4)18-15(23-16)10-11-24-18/h6-11H,12H2,1-5H3. The number of rotatable bonds is 0. The van der Waals surface area contributed by atoms with Gasteiger partial charge in [-0.05, 0) is 35.4 Å². The minimum Gasteiger partial charge on any atom is -0.458 e. The van der Waals surface area contributed by atoms with E-state index in [1.165, 1.54) is 21.5 Å². The molecular weight excluding hydrogens is 314 g/mol. The molecule has 0 N–H and O–H groups in total. The Labute approximate surface area is 147 Å². The molecule has 5 rings (SSSR count). The maximum absolute atomic E-state index is 6.25. The SMILES string of the molecule is CC1(C)c2ccccc2N2Cc3oc4ccsc4c3C2(C)C1(C)C. The van der Waals surface area contributed by atoms with E-state index < -0.39 is 0 Å². The van der Waals surface area contributed by atoms with E-state index >= 15 is 0 Å². The summed E-state index contributed by atoms with van der Waals surface area (Å²) in [5.41, 5.74) is 5.33. The predicted octanol–water partition coefficient (Wildman–Crippen LogP) is 6.05. The predicted molar refractivity (Wildman–Crippen MR) is 101 cm³/mol. The van der Waals surface area contributed by atoms with Gasteiger partial charge in [-0.1, -0.05) is 45.9 Å². The van der Waals surface area contributed by atoms with Gasteiger partial charge in [-0.2, -0.15) is 0 Å². The summed E-state index contributed by atoms with van der Waals surface area (Å²) in [5, 5.41) is 2.15. The summed E-state index contributed by atoms with van der Waals surface area (Å²) in [6.45, 7) is 12.9. The average molecular weight is 337 g/mol. The quantitative estimate of drug-likeness (QED) is 0.497. The van der Waals surface area contributed by atoms with Crippen LogP contribution in [-0.2, 0) is 17.5 Å². The van der Waals surface area contributed by atoms with Gasteiger partial charge in [-0.25, -0.2) is 0 Å². The Kier molecular flexibility index (Phi) is 2.48. The molecule has 24 heavy (non-hydrogen) atoms. The summed E-state index contributed by atoms with van der Waals surface area (Å²) in [6, 6.07) is 11.0. The molecule has 3 heteroatoms. The summed E-state index contributed by atoms with van der Waals surface area (Å²) in [6.07, 6.45) is 0. The maximum Gasteiger partial charge on any atom is 0.145 e. The molecule has 2 aliphatic heterocycles. The Morgan fingerprint density at radius 1 is 1.04 bits per heavy atom. The van der Waals surface area contributed by atoms with Gasteiger partial charge >= 0.3 is 0 Å². The molecule has 2 nitrogen and oxygen atoms in total. The second-order valence-corrected chi connectivity index (χ2v) is 9.36. The molecule has 124 valence electrons. The molecular formula is C21H23NOS. The Morgan fingerprint density at radius 2 is 1.79 bits per heavy atom. The van der Waals surface area contributed by atoms with E-state index in [1.54, 1.807) is 0 Å². The summed E-state index contributed by atoms with van der Waals surface area (Å²) in [4.78, 5) is 2.58. The lowest BCUT2D eigenvalue weighted by molar-refractivity contribution is 0.0695. The highest BCUT2D eigenvalue weighted by molar-refractivity contribution is 7.17. The van der Waals surface area contributed by atoms with Crippen LogP contribution in [0.1, 0.15) is 51.5 Å². The molecule has 2 aromatic heterocycles. The van der Waals surface area contributed by atoms with Gasteiger partial charge in [0.2, 0.25) is 0 Å². The summed E-state index contributed by atoms with van der Waals surface area (Å²) >= 11 is 1.82. The number of fused-ring (bicyclic) bond motifs is 7. The van der Waals surface area contributed by atoms with E-state index in [0.717, 1.165) is 17.9 Å². The van der Waals surface area contributed by atoms with E-state index in [0.29, 0.717) is 0 Å². The third kappa shape index (κ3) is 1.33. The van der Waals surface area contributed by atoms with Crippen LogP contribution in [0, 0.1) is 5.41 Å². The van der Waals surface area contributed by atoms with Crippen molar-refractivity contribution in [3.05, 3.63) is 52.6 Å². The van der Waals surface area contributed by atoms with Crippen molar-refractivity contribution in [1.29, 1.82) is 0 Å². The number of nitrogens with zero attached hydrogens (tertiary/aromatic N) is 1. The average Bonchev–Trinajstić information content (AvgIpc) is 3.17. The van der Waals surface area contributed by atoms with Crippen molar-refractivity contribution in [3.8, 4) is 0 Å². The number of benzene rings is 1. The maximum atomic E-state index is 6.25. The zero-order valence-corrected chi connectivity index (χ0v) is 15.8. The van der Waals surface area contributed by atoms with Crippen molar-refractivity contribution in [2.45, 2.75) is 52.1 Å². The first-order chi connectivity index (χ1) is 11.3. The number of anilines is 1. The van der Waals surface area contributed by atoms with Gasteiger partial charge in [0.15, 0.2) is 0 Å². The molecule has 0 amide bonds. The molecule has 4 heterocycles. The highest BCUT2D eigenvalue weighted by Crippen LogP contribution is 2.66. The molecule has 0 fully saturated rings. The smallest absolute Gasteiger partial charge is 0.145 e. The molecule has 1 aromatic carbocycles. The Balaban J connectivity index is 1.90. The monoisotopic (exact) mass is 337 g/mol. The molecule has 0 bridgehead atoms. The summed E-state index contributed by atoms with van der Waals surface area (Å²) < 4.78 is 7.58. The first-order valence-corrected chi connectivity index (χ1v) is 9.54. The topological polar surface area (TPSA) is 16.4 Å². The zero-order chi connectivity index (χ0) is 16.9. The lowest BCUT2D eigenvalue weighted by atomic mass is 9.51. The number of hydrogen-bond acceptors (Lipinski definition) is 3.